The molecule has 1 fully saturated rings. The average Bonchev–Trinajstić information content (AvgIpc) is 3.04. The van der Waals surface area contributed by atoms with Crippen molar-refractivity contribution < 1.29 is 4.39 Å². The molecule has 21 heavy (non-hydrogen) atoms. The number of aromatic nitrogens is 2. The van der Waals surface area contributed by atoms with Crippen LogP contribution in [-0.2, 0) is 6.42 Å². The number of nitrogens with one attached hydrogen (secondary N) is 1. The Labute approximate surface area is 124 Å². The molecule has 4 nitrogen and oxygen atoms in total. The van der Waals surface area contributed by atoms with E-state index in [4.69, 9.17) is 0 Å². The van der Waals surface area contributed by atoms with Crippen LogP contribution < -0.4 is 10.2 Å². The van der Waals surface area contributed by atoms with Gasteiger partial charge in [0.1, 0.15) is 11.6 Å². The molecule has 0 bridgehead atoms. The quantitative estimate of drug-likeness (QED) is 0.917. The Morgan fingerprint density at radius 2 is 1.86 bits per heavy atom. The minimum atomic E-state index is -0.197. The Hall–Kier alpha value is -2.17. The molecule has 1 aromatic carbocycles. The van der Waals surface area contributed by atoms with E-state index in [1.165, 1.54) is 25.0 Å². The van der Waals surface area contributed by atoms with Crippen molar-refractivity contribution in [3.63, 3.8) is 0 Å². The summed E-state index contributed by atoms with van der Waals surface area (Å²) in [4.78, 5) is 11.1. The highest BCUT2D eigenvalue weighted by molar-refractivity contribution is 5.41. The van der Waals surface area contributed by atoms with Gasteiger partial charge < -0.3 is 10.2 Å². The van der Waals surface area contributed by atoms with Crippen molar-refractivity contribution >= 4 is 11.8 Å². The predicted molar refractivity (Wildman–Crippen MR) is 82.1 cm³/mol. The maximum Gasteiger partial charge on any atom is 0.227 e. The van der Waals surface area contributed by atoms with E-state index < -0.39 is 0 Å². The maximum absolute atomic E-state index is 12.8. The summed E-state index contributed by atoms with van der Waals surface area (Å²) < 4.78 is 12.8. The molecule has 1 saturated heterocycles. The first-order valence-electron chi connectivity index (χ1n) is 7.37. The van der Waals surface area contributed by atoms with Gasteiger partial charge in [0, 0.05) is 25.8 Å². The van der Waals surface area contributed by atoms with Crippen LogP contribution in [0.3, 0.4) is 0 Å². The fourth-order valence-corrected chi connectivity index (χ4v) is 2.50. The SMILES string of the molecule is Fc1ccc(CCNc2ccnc(N3CCCC3)n2)cc1. The highest BCUT2D eigenvalue weighted by Gasteiger charge is 2.14. The zero-order valence-corrected chi connectivity index (χ0v) is 11.9. The van der Waals surface area contributed by atoms with Crippen molar-refractivity contribution in [2.75, 3.05) is 29.9 Å². The smallest absolute Gasteiger partial charge is 0.227 e. The van der Waals surface area contributed by atoms with Crippen LogP contribution in [-0.4, -0.2) is 29.6 Å². The standard InChI is InChI=1S/C16H19FN4/c17-14-5-3-13(4-6-14)7-9-18-15-8-10-19-16(20-15)21-11-1-2-12-21/h3-6,8,10H,1-2,7,9,11-12H2,(H,18,19,20). The van der Waals surface area contributed by atoms with Crippen LogP contribution in [0.25, 0.3) is 0 Å². The molecule has 0 unspecified atom stereocenters. The Morgan fingerprint density at radius 1 is 1.10 bits per heavy atom. The number of halogens is 1. The van der Waals surface area contributed by atoms with Crippen LogP contribution in [0, 0.1) is 5.82 Å². The molecule has 2 heterocycles. The lowest BCUT2D eigenvalue weighted by Gasteiger charge is -2.15. The highest BCUT2D eigenvalue weighted by atomic mass is 19.1. The fourth-order valence-electron chi connectivity index (χ4n) is 2.50. The number of anilines is 2. The Morgan fingerprint density at radius 3 is 2.62 bits per heavy atom. The van der Waals surface area contributed by atoms with Crippen LogP contribution in [0.5, 0.6) is 0 Å². The molecule has 1 N–H and O–H groups in total. The molecular formula is C16H19FN4. The van der Waals surface area contributed by atoms with E-state index in [2.05, 4.69) is 20.2 Å². The topological polar surface area (TPSA) is 41.1 Å². The molecule has 5 heteroatoms. The third-order valence-electron chi connectivity index (χ3n) is 3.66. The fraction of sp³-hybridized carbons (Fsp3) is 0.375. The summed E-state index contributed by atoms with van der Waals surface area (Å²) in [5, 5.41) is 3.30. The molecule has 0 amide bonds. The van der Waals surface area contributed by atoms with E-state index in [0.717, 1.165) is 43.4 Å². The van der Waals surface area contributed by atoms with Gasteiger partial charge in [-0.2, -0.15) is 4.98 Å². The first kappa shape index (κ1) is 13.8. The molecule has 1 aliphatic heterocycles. The molecule has 1 aromatic heterocycles. The summed E-state index contributed by atoms with van der Waals surface area (Å²) in [6.45, 7) is 2.85. The Balaban J connectivity index is 1.55. The molecule has 0 atom stereocenters. The van der Waals surface area contributed by atoms with Crippen molar-refractivity contribution in [3.05, 3.63) is 47.9 Å². The first-order valence-corrected chi connectivity index (χ1v) is 7.37. The molecule has 0 saturated carbocycles. The van der Waals surface area contributed by atoms with Gasteiger partial charge >= 0.3 is 0 Å². The van der Waals surface area contributed by atoms with Gasteiger partial charge in [-0.1, -0.05) is 12.1 Å². The zero-order valence-electron chi connectivity index (χ0n) is 11.9. The average molecular weight is 286 g/mol. The van der Waals surface area contributed by atoms with Crippen LogP contribution in [0.2, 0.25) is 0 Å². The van der Waals surface area contributed by atoms with E-state index >= 15 is 0 Å². The van der Waals surface area contributed by atoms with Gasteiger partial charge in [0.25, 0.3) is 0 Å². The summed E-state index contributed by atoms with van der Waals surface area (Å²) in [7, 11) is 0. The minimum absolute atomic E-state index is 0.197. The van der Waals surface area contributed by atoms with E-state index in [9.17, 15) is 4.39 Å². The van der Waals surface area contributed by atoms with Crippen molar-refractivity contribution in [3.8, 4) is 0 Å². The van der Waals surface area contributed by atoms with Crippen molar-refractivity contribution in [1.82, 2.24) is 9.97 Å². The summed E-state index contributed by atoms with van der Waals surface area (Å²) in [5.74, 6) is 1.45. The van der Waals surface area contributed by atoms with Gasteiger partial charge in [-0.3, -0.25) is 0 Å². The number of hydrogen-bond acceptors (Lipinski definition) is 4. The van der Waals surface area contributed by atoms with Crippen LogP contribution >= 0.6 is 0 Å². The zero-order chi connectivity index (χ0) is 14.5. The Kier molecular flexibility index (Phi) is 4.28. The summed E-state index contributed by atoms with van der Waals surface area (Å²) >= 11 is 0. The third kappa shape index (κ3) is 3.68. The lowest BCUT2D eigenvalue weighted by Crippen LogP contribution is -2.20. The monoisotopic (exact) mass is 286 g/mol. The van der Waals surface area contributed by atoms with Gasteiger partial charge in [0.15, 0.2) is 0 Å². The van der Waals surface area contributed by atoms with Gasteiger partial charge in [-0.15, -0.1) is 0 Å². The molecule has 1 aliphatic rings. The second-order valence-electron chi connectivity index (χ2n) is 5.24. The maximum atomic E-state index is 12.8. The third-order valence-corrected chi connectivity index (χ3v) is 3.66. The molecule has 110 valence electrons. The molecule has 3 rings (SSSR count). The molecule has 2 aromatic rings. The normalized spacial score (nSPS) is 14.4. The lowest BCUT2D eigenvalue weighted by atomic mass is 10.1. The van der Waals surface area contributed by atoms with Crippen molar-refractivity contribution in [2.45, 2.75) is 19.3 Å². The lowest BCUT2D eigenvalue weighted by molar-refractivity contribution is 0.627. The number of benzene rings is 1. The van der Waals surface area contributed by atoms with Crippen LogP contribution in [0.1, 0.15) is 18.4 Å². The van der Waals surface area contributed by atoms with E-state index in [1.54, 1.807) is 6.20 Å². The minimum Gasteiger partial charge on any atom is -0.370 e. The number of hydrogen-bond donors (Lipinski definition) is 1. The molecule has 0 spiro atoms. The van der Waals surface area contributed by atoms with E-state index in [-0.39, 0.29) is 5.82 Å². The molecular weight excluding hydrogens is 267 g/mol. The summed E-state index contributed by atoms with van der Waals surface area (Å²) in [6, 6.07) is 8.49. The van der Waals surface area contributed by atoms with Crippen molar-refractivity contribution in [2.24, 2.45) is 0 Å². The van der Waals surface area contributed by atoms with E-state index in [0.29, 0.717) is 0 Å². The second-order valence-corrected chi connectivity index (χ2v) is 5.24. The number of rotatable bonds is 5. The summed E-state index contributed by atoms with van der Waals surface area (Å²) in [5.41, 5.74) is 1.11. The van der Waals surface area contributed by atoms with Gasteiger partial charge in [0.2, 0.25) is 5.95 Å². The molecule has 0 aliphatic carbocycles. The number of nitrogens with zero attached hydrogens (tertiary/aromatic N) is 3. The van der Waals surface area contributed by atoms with E-state index in [1.807, 2.05) is 18.2 Å². The van der Waals surface area contributed by atoms with Gasteiger partial charge in [-0.25, -0.2) is 9.37 Å². The van der Waals surface area contributed by atoms with Crippen LogP contribution in [0.4, 0.5) is 16.2 Å². The van der Waals surface area contributed by atoms with Gasteiger partial charge in [0.05, 0.1) is 0 Å². The summed E-state index contributed by atoms with van der Waals surface area (Å²) in [6.07, 6.45) is 5.06. The van der Waals surface area contributed by atoms with Gasteiger partial charge in [-0.05, 0) is 43.0 Å². The predicted octanol–water partition coefficient (Wildman–Crippen LogP) is 2.87. The Bertz CT molecular complexity index is 579. The highest BCUT2D eigenvalue weighted by Crippen LogP contribution is 2.16. The molecule has 0 radical (unpaired) electrons. The largest absolute Gasteiger partial charge is 0.370 e. The van der Waals surface area contributed by atoms with Crippen molar-refractivity contribution in [1.29, 1.82) is 0 Å². The first-order chi connectivity index (χ1) is 10.3. The second kappa shape index (κ2) is 6.52. The van der Waals surface area contributed by atoms with Crippen LogP contribution in [0.15, 0.2) is 36.5 Å².